The van der Waals surface area contributed by atoms with Gasteiger partial charge in [0.05, 0.1) is 7.11 Å². The SMILES string of the molecule is COC(=O)N1CCCCC1C(=O)N1CCN(c2ccc3nccn3n2)CC1. The minimum absolute atomic E-state index is 0.0257. The second-order valence-electron chi connectivity index (χ2n) is 6.91. The van der Waals surface area contributed by atoms with Crippen LogP contribution < -0.4 is 4.90 Å². The van der Waals surface area contributed by atoms with E-state index in [1.54, 1.807) is 15.6 Å². The average molecular weight is 372 g/mol. The normalized spacial score (nSPS) is 20.8. The molecule has 0 spiro atoms. The van der Waals surface area contributed by atoms with Crippen LogP contribution in [0.1, 0.15) is 19.3 Å². The average Bonchev–Trinajstić information content (AvgIpc) is 3.20. The number of hydrogen-bond acceptors (Lipinski definition) is 6. The maximum atomic E-state index is 13.0. The zero-order valence-electron chi connectivity index (χ0n) is 15.5. The number of nitrogens with zero attached hydrogens (tertiary/aromatic N) is 6. The van der Waals surface area contributed by atoms with Crippen LogP contribution in [0.4, 0.5) is 10.6 Å². The van der Waals surface area contributed by atoms with Crippen molar-refractivity contribution < 1.29 is 14.3 Å². The molecule has 0 aliphatic carbocycles. The van der Waals surface area contributed by atoms with Gasteiger partial charge in [-0.2, -0.15) is 0 Å². The fourth-order valence-corrected chi connectivity index (χ4v) is 3.86. The van der Waals surface area contributed by atoms with Gasteiger partial charge in [-0.25, -0.2) is 14.3 Å². The summed E-state index contributed by atoms with van der Waals surface area (Å²) in [7, 11) is 1.36. The van der Waals surface area contributed by atoms with Crippen molar-refractivity contribution in [3.8, 4) is 0 Å². The van der Waals surface area contributed by atoms with Crippen molar-refractivity contribution in [3.05, 3.63) is 24.5 Å². The van der Waals surface area contributed by atoms with Gasteiger partial charge in [0, 0.05) is 45.1 Å². The number of anilines is 1. The van der Waals surface area contributed by atoms with Crippen molar-refractivity contribution in [1.29, 1.82) is 0 Å². The molecule has 2 amide bonds. The van der Waals surface area contributed by atoms with Gasteiger partial charge in [0.15, 0.2) is 5.65 Å². The standard InChI is InChI=1S/C18H24N6O3/c1-27-18(26)23-8-3-2-4-14(23)17(25)22-12-10-21(11-13-22)16-6-5-15-19-7-9-24(15)20-16/h5-7,9,14H,2-4,8,10-13H2,1H3. The third kappa shape index (κ3) is 3.41. The molecule has 9 heteroatoms. The number of carbonyl (C=O) groups is 2. The quantitative estimate of drug-likeness (QED) is 0.782. The molecule has 144 valence electrons. The van der Waals surface area contributed by atoms with Crippen LogP contribution in [-0.4, -0.2) is 82.3 Å². The van der Waals surface area contributed by atoms with Gasteiger partial charge in [0.1, 0.15) is 11.9 Å². The van der Waals surface area contributed by atoms with Gasteiger partial charge in [-0.15, -0.1) is 5.10 Å². The first kappa shape index (κ1) is 17.6. The lowest BCUT2D eigenvalue weighted by Crippen LogP contribution is -2.57. The molecular weight excluding hydrogens is 348 g/mol. The van der Waals surface area contributed by atoms with E-state index >= 15 is 0 Å². The van der Waals surface area contributed by atoms with Gasteiger partial charge < -0.3 is 14.5 Å². The van der Waals surface area contributed by atoms with E-state index in [0.717, 1.165) is 24.3 Å². The number of fused-ring (bicyclic) bond motifs is 1. The van der Waals surface area contributed by atoms with Crippen molar-refractivity contribution in [3.63, 3.8) is 0 Å². The molecule has 2 fully saturated rings. The zero-order valence-corrected chi connectivity index (χ0v) is 15.5. The minimum atomic E-state index is -0.412. The highest BCUT2D eigenvalue weighted by Gasteiger charge is 2.36. The molecule has 2 aromatic heterocycles. The first-order valence-corrected chi connectivity index (χ1v) is 9.36. The summed E-state index contributed by atoms with van der Waals surface area (Å²) in [5, 5.41) is 4.57. The Morgan fingerprint density at radius 2 is 1.93 bits per heavy atom. The van der Waals surface area contributed by atoms with Crippen molar-refractivity contribution >= 4 is 23.5 Å². The molecule has 0 aromatic carbocycles. The van der Waals surface area contributed by atoms with Crippen LogP contribution in [0.2, 0.25) is 0 Å². The summed E-state index contributed by atoms with van der Waals surface area (Å²) >= 11 is 0. The van der Waals surface area contributed by atoms with E-state index in [1.807, 2.05) is 23.2 Å². The molecule has 1 atom stereocenters. The molecule has 9 nitrogen and oxygen atoms in total. The fourth-order valence-electron chi connectivity index (χ4n) is 3.86. The Kier molecular flexibility index (Phi) is 4.83. The molecule has 0 bridgehead atoms. The predicted molar refractivity (Wildman–Crippen MR) is 98.5 cm³/mol. The Bertz CT molecular complexity index is 829. The van der Waals surface area contributed by atoms with E-state index in [1.165, 1.54) is 7.11 Å². The third-order valence-corrected chi connectivity index (χ3v) is 5.35. The summed E-state index contributed by atoms with van der Waals surface area (Å²) in [6.07, 6.45) is 5.70. The number of piperazine rings is 1. The molecular formula is C18H24N6O3. The second kappa shape index (κ2) is 7.42. The number of aromatic nitrogens is 3. The molecule has 4 rings (SSSR count). The van der Waals surface area contributed by atoms with E-state index in [-0.39, 0.29) is 5.91 Å². The summed E-state index contributed by atoms with van der Waals surface area (Å²) in [5.41, 5.74) is 0.813. The minimum Gasteiger partial charge on any atom is -0.453 e. The number of amides is 2. The van der Waals surface area contributed by atoms with Gasteiger partial charge in [0.2, 0.25) is 5.91 Å². The van der Waals surface area contributed by atoms with Crippen molar-refractivity contribution in [2.45, 2.75) is 25.3 Å². The topological polar surface area (TPSA) is 83.3 Å². The summed E-state index contributed by atoms with van der Waals surface area (Å²) < 4.78 is 6.61. The molecule has 0 radical (unpaired) electrons. The Morgan fingerprint density at radius 3 is 2.70 bits per heavy atom. The molecule has 0 N–H and O–H groups in total. The van der Waals surface area contributed by atoms with Crippen molar-refractivity contribution in [2.75, 3.05) is 44.7 Å². The van der Waals surface area contributed by atoms with Crippen molar-refractivity contribution in [1.82, 2.24) is 24.4 Å². The number of rotatable bonds is 2. The summed E-state index contributed by atoms with van der Waals surface area (Å²) in [6.45, 7) is 3.24. The monoisotopic (exact) mass is 372 g/mol. The lowest BCUT2D eigenvalue weighted by Gasteiger charge is -2.40. The Labute approximate surface area is 157 Å². The first-order chi connectivity index (χ1) is 13.2. The molecule has 0 saturated carbocycles. The number of likely N-dealkylation sites (tertiary alicyclic amines) is 1. The fraction of sp³-hybridized carbons (Fsp3) is 0.556. The van der Waals surface area contributed by atoms with Crippen LogP contribution in [0.15, 0.2) is 24.5 Å². The highest BCUT2D eigenvalue weighted by atomic mass is 16.5. The summed E-state index contributed by atoms with van der Waals surface area (Å²) in [6, 6.07) is 3.49. The van der Waals surface area contributed by atoms with Gasteiger partial charge in [-0.1, -0.05) is 0 Å². The number of hydrogen-bond donors (Lipinski definition) is 0. The van der Waals surface area contributed by atoms with E-state index in [2.05, 4.69) is 15.0 Å². The largest absolute Gasteiger partial charge is 0.453 e. The van der Waals surface area contributed by atoms with Crippen LogP contribution in [-0.2, 0) is 9.53 Å². The number of imidazole rings is 1. The molecule has 2 aliphatic rings. The Balaban J connectivity index is 1.40. The maximum absolute atomic E-state index is 13.0. The van der Waals surface area contributed by atoms with E-state index in [4.69, 9.17) is 4.74 Å². The highest BCUT2D eigenvalue weighted by molar-refractivity contribution is 5.86. The summed E-state index contributed by atoms with van der Waals surface area (Å²) in [5.74, 6) is 0.902. The van der Waals surface area contributed by atoms with Crippen LogP contribution >= 0.6 is 0 Å². The molecule has 2 aromatic rings. The molecule has 27 heavy (non-hydrogen) atoms. The lowest BCUT2D eigenvalue weighted by atomic mass is 10.0. The lowest BCUT2D eigenvalue weighted by molar-refractivity contribution is -0.137. The second-order valence-corrected chi connectivity index (χ2v) is 6.91. The first-order valence-electron chi connectivity index (χ1n) is 9.36. The Hall–Kier alpha value is -2.84. The van der Waals surface area contributed by atoms with Crippen molar-refractivity contribution in [2.24, 2.45) is 0 Å². The number of piperidine rings is 1. The van der Waals surface area contributed by atoms with Gasteiger partial charge in [0.25, 0.3) is 0 Å². The van der Waals surface area contributed by atoms with Gasteiger partial charge >= 0.3 is 6.09 Å². The van der Waals surface area contributed by atoms with Crippen LogP contribution in [0.25, 0.3) is 5.65 Å². The highest BCUT2D eigenvalue weighted by Crippen LogP contribution is 2.21. The van der Waals surface area contributed by atoms with E-state index in [9.17, 15) is 9.59 Å². The number of methoxy groups -OCH3 is 1. The van der Waals surface area contributed by atoms with Gasteiger partial charge in [-0.05, 0) is 31.4 Å². The third-order valence-electron chi connectivity index (χ3n) is 5.35. The van der Waals surface area contributed by atoms with Crippen LogP contribution in [0, 0.1) is 0 Å². The number of ether oxygens (including phenoxy) is 1. The number of carbonyl (C=O) groups excluding carboxylic acids is 2. The summed E-state index contributed by atoms with van der Waals surface area (Å²) in [4.78, 5) is 34.8. The zero-order chi connectivity index (χ0) is 18.8. The van der Waals surface area contributed by atoms with E-state index < -0.39 is 12.1 Å². The van der Waals surface area contributed by atoms with Gasteiger partial charge in [-0.3, -0.25) is 9.69 Å². The predicted octanol–water partition coefficient (Wildman–Crippen LogP) is 0.999. The molecule has 2 saturated heterocycles. The van der Waals surface area contributed by atoms with Crippen LogP contribution in [0.3, 0.4) is 0 Å². The Morgan fingerprint density at radius 1 is 1.11 bits per heavy atom. The molecule has 1 unspecified atom stereocenters. The smallest absolute Gasteiger partial charge is 0.410 e. The van der Waals surface area contributed by atoms with Crippen LogP contribution in [0.5, 0.6) is 0 Å². The molecule has 2 aliphatic heterocycles. The van der Waals surface area contributed by atoms with E-state index in [0.29, 0.717) is 39.1 Å². The maximum Gasteiger partial charge on any atom is 0.410 e. The molecule has 4 heterocycles.